The van der Waals surface area contributed by atoms with Gasteiger partial charge in [-0.15, -0.1) is 0 Å². The van der Waals surface area contributed by atoms with Gasteiger partial charge < -0.3 is 30.3 Å². The van der Waals surface area contributed by atoms with Crippen LogP contribution in [0.25, 0.3) is 0 Å². The molecule has 8 nitrogen and oxygen atoms in total. The summed E-state index contributed by atoms with van der Waals surface area (Å²) in [5.41, 5.74) is 0.316. The molecule has 23 heavy (non-hydrogen) atoms. The van der Waals surface area contributed by atoms with Gasteiger partial charge in [0, 0.05) is 18.9 Å². The predicted molar refractivity (Wildman–Crippen MR) is 77.6 cm³/mol. The molecule has 0 fully saturated rings. The lowest BCUT2D eigenvalue weighted by Crippen LogP contribution is -2.49. The van der Waals surface area contributed by atoms with Gasteiger partial charge in [-0.1, -0.05) is 18.2 Å². The molecule has 8 heteroatoms. The van der Waals surface area contributed by atoms with E-state index >= 15 is 0 Å². The van der Waals surface area contributed by atoms with Crippen molar-refractivity contribution in [2.75, 3.05) is 6.61 Å². The van der Waals surface area contributed by atoms with Gasteiger partial charge in [0.25, 0.3) is 0 Å². The van der Waals surface area contributed by atoms with Gasteiger partial charge in [0.1, 0.15) is 30.2 Å². The number of rotatable bonds is 8. The van der Waals surface area contributed by atoms with E-state index in [9.17, 15) is 30.0 Å². The van der Waals surface area contributed by atoms with E-state index in [0.717, 1.165) is 0 Å². The van der Waals surface area contributed by atoms with Crippen LogP contribution in [0.4, 0.5) is 0 Å². The second-order valence-corrected chi connectivity index (χ2v) is 5.02. The first-order chi connectivity index (χ1) is 10.8. The maximum atomic E-state index is 12.0. The van der Waals surface area contributed by atoms with Crippen molar-refractivity contribution in [1.29, 1.82) is 0 Å². The Labute approximate surface area is 132 Å². The number of ether oxygens (including phenoxy) is 1. The van der Waals surface area contributed by atoms with Crippen LogP contribution in [0.3, 0.4) is 0 Å². The molecule has 0 radical (unpaired) electrons. The van der Waals surface area contributed by atoms with Crippen LogP contribution in [0.15, 0.2) is 24.3 Å². The molecule has 0 bridgehead atoms. The molecule has 0 saturated carbocycles. The number of para-hydroxylation sites is 1. The van der Waals surface area contributed by atoms with Crippen LogP contribution in [0.5, 0.6) is 5.75 Å². The number of Topliss-reactive ketones (excluding diaryl/α,β-unsaturated/α-hetero) is 1. The highest BCUT2D eigenvalue weighted by molar-refractivity contribution is 5.86. The van der Waals surface area contributed by atoms with Crippen molar-refractivity contribution in [3.63, 3.8) is 0 Å². The lowest BCUT2D eigenvalue weighted by Gasteiger charge is -2.25. The van der Waals surface area contributed by atoms with Crippen LogP contribution in [0.1, 0.15) is 12.5 Å². The molecule has 1 aromatic rings. The Balaban J connectivity index is 2.81. The van der Waals surface area contributed by atoms with Crippen molar-refractivity contribution in [3.8, 4) is 5.75 Å². The standard InChI is InChI=1S/C15H20O8/c1-8(17)23-12-5-3-2-4-9(12)6-10(18)13(20)15(22)14(21)11(19)7-16/h2-5,11,13-16,19-22H,6-7H2,1H3. The molecule has 128 valence electrons. The first kappa shape index (κ1) is 19.2. The zero-order valence-electron chi connectivity index (χ0n) is 12.5. The summed E-state index contributed by atoms with van der Waals surface area (Å²) in [4.78, 5) is 23.0. The van der Waals surface area contributed by atoms with Gasteiger partial charge in [0.2, 0.25) is 0 Å². The first-order valence-corrected chi connectivity index (χ1v) is 6.90. The Kier molecular flexibility index (Phi) is 7.27. The lowest BCUT2D eigenvalue weighted by atomic mass is 9.96. The minimum absolute atomic E-state index is 0.144. The Hall–Kier alpha value is -1.84. The molecule has 4 unspecified atom stereocenters. The summed E-state index contributed by atoms with van der Waals surface area (Å²) in [5, 5.41) is 46.9. The van der Waals surface area contributed by atoms with Crippen molar-refractivity contribution in [2.45, 2.75) is 37.8 Å². The van der Waals surface area contributed by atoms with Crippen molar-refractivity contribution in [3.05, 3.63) is 29.8 Å². The zero-order chi connectivity index (χ0) is 17.6. The SMILES string of the molecule is CC(=O)Oc1ccccc1CC(=O)C(O)C(O)C(O)C(O)CO. The minimum Gasteiger partial charge on any atom is -0.426 e. The van der Waals surface area contributed by atoms with Gasteiger partial charge in [-0.05, 0) is 6.07 Å². The number of carbonyl (C=O) groups excluding carboxylic acids is 2. The molecule has 0 aromatic heterocycles. The maximum absolute atomic E-state index is 12.0. The summed E-state index contributed by atoms with van der Waals surface area (Å²) < 4.78 is 4.93. The number of esters is 1. The second-order valence-electron chi connectivity index (χ2n) is 5.02. The number of hydrogen-bond donors (Lipinski definition) is 5. The number of ketones is 1. The summed E-state index contributed by atoms with van der Waals surface area (Å²) >= 11 is 0. The number of carbonyl (C=O) groups is 2. The fourth-order valence-electron chi connectivity index (χ4n) is 1.91. The molecule has 0 heterocycles. The highest BCUT2D eigenvalue weighted by atomic mass is 16.5. The fourth-order valence-corrected chi connectivity index (χ4v) is 1.91. The van der Waals surface area contributed by atoms with E-state index in [-0.39, 0.29) is 12.2 Å². The van der Waals surface area contributed by atoms with Gasteiger partial charge in [-0.3, -0.25) is 9.59 Å². The third-order valence-electron chi connectivity index (χ3n) is 3.18. The summed E-state index contributed by atoms with van der Waals surface area (Å²) in [7, 11) is 0. The first-order valence-electron chi connectivity index (χ1n) is 6.90. The van der Waals surface area contributed by atoms with Gasteiger partial charge in [0.15, 0.2) is 5.78 Å². The molecule has 0 aliphatic carbocycles. The Morgan fingerprint density at radius 2 is 1.70 bits per heavy atom. The molecule has 5 N–H and O–H groups in total. The summed E-state index contributed by atoms with van der Waals surface area (Å²) in [6, 6.07) is 6.17. The third kappa shape index (κ3) is 5.38. The number of benzene rings is 1. The molecule has 0 amide bonds. The van der Waals surface area contributed by atoms with Crippen LogP contribution in [-0.2, 0) is 16.0 Å². The molecule has 0 aliphatic rings. The van der Waals surface area contributed by atoms with Crippen LogP contribution < -0.4 is 4.74 Å². The molecule has 1 rings (SSSR count). The predicted octanol–water partition coefficient (Wildman–Crippen LogP) is -1.84. The Morgan fingerprint density at radius 3 is 2.26 bits per heavy atom. The van der Waals surface area contributed by atoms with Crippen molar-refractivity contribution >= 4 is 11.8 Å². The van der Waals surface area contributed by atoms with Crippen LogP contribution >= 0.6 is 0 Å². The number of aliphatic hydroxyl groups excluding tert-OH is 5. The average Bonchev–Trinajstić information content (AvgIpc) is 2.53. The zero-order valence-corrected chi connectivity index (χ0v) is 12.5. The number of hydrogen-bond acceptors (Lipinski definition) is 8. The van der Waals surface area contributed by atoms with Gasteiger partial charge in [0.05, 0.1) is 6.61 Å². The van der Waals surface area contributed by atoms with E-state index in [0.29, 0.717) is 5.56 Å². The maximum Gasteiger partial charge on any atom is 0.308 e. The largest absolute Gasteiger partial charge is 0.426 e. The van der Waals surface area contributed by atoms with Gasteiger partial charge in [-0.2, -0.15) is 0 Å². The topological polar surface area (TPSA) is 145 Å². The van der Waals surface area contributed by atoms with Crippen LogP contribution in [-0.4, -0.2) is 68.3 Å². The van der Waals surface area contributed by atoms with E-state index < -0.39 is 42.8 Å². The molecule has 1 aromatic carbocycles. The molecule has 0 aliphatic heterocycles. The van der Waals surface area contributed by atoms with Crippen molar-refractivity contribution in [2.24, 2.45) is 0 Å². The van der Waals surface area contributed by atoms with Crippen LogP contribution in [0.2, 0.25) is 0 Å². The summed E-state index contributed by atoms with van der Waals surface area (Å²) in [6.07, 6.45) is -7.88. The fraction of sp³-hybridized carbons (Fsp3) is 0.467. The van der Waals surface area contributed by atoms with Gasteiger partial charge >= 0.3 is 5.97 Å². The van der Waals surface area contributed by atoms with Gasteiger partial charge in [-0.25, -0.2) is 0 Å². The Morgan fingerprint density at radius 1 is 1.09 bits per heavy atom. The lowest BCUT2D eigenvalue weighted by molar-refractivity contribution is -0.146. The van der Waals surface area contributed by atoms with Crippen molar-refractivity contribution < 1.29 is 39.9 Å². The molecular formula is C15H20O8. The normalized spacial score (nSPS) is 16.3. The van der Waals surface area contributed by atoms with Crippen molar-refractivity contribution in [1.82, 2.24) is 0 Å². The summed E-state index contributed by atoms with van der Waals surface area (Å²) in [5.74, 6) is -1.28. The minimum atomic E-state index is -1.98. The highest BCUT2D eigenvalue weighted by Crippen LogP contribution is 2.20. The monoisotopic (exact) mass is 328 g/mol. The smallest absolute Gasteiger partial charge is 0.308 e. The molecule has 0 saturated heterocycles. The number of aliphatic hydroxyl groups is 5. The van der Waals surface area contributed by atoms with E-state index in [1.807, 2.05) is 0 Å². The molecule has 0 spiro atoms. The molecule has 4 atom stereocenters. The average molecular weight is 328 g/mol. The second kappa shape index (κ2) is 8.70. The van der Waals surface area contributed by atoms with E-state index in [1.165, 1.54) is 19.1 Å². The van der Waals surface area contributed by atoms with E-state index in [1.54, 1.807) is 12.1 Å². The Bertz CT molecular complexity index is 544. The molecular weight excluding hydrogens is 308 g/mol. The van der Waals surface area contributed by atoms with E-state index in [2.05, 4.69) is 0 Å². The third-order valence-corrected chi connectivity index (χ3v) is 3.18. The quantitative estimate of drug-likeness (QED) is 0.276. The van der Waals surface area contributed by atoms with Crippen LogP contribution in [0, 0.1) is 0 Å². The van der Waals surface area contributed by atoms with E-state index in [4.69, 9.17) is 9.84 Å². The summed E-state index contributed by atoms with van der Waals surface area (Å²) in [6.45, 7) is 0.359. The highest BCUT2D eigenvalue weighted by Gasteiger charge is 2.34.